The molecule has 0 aliphatic rings. The van der Waals surface area contributed by atoms with E-state index >= 15 is 0 Å². The molecule has 17 heavy (non-hydrogen) atoms. The van der Waals surface area contributed by atoms with Gasteiger partial charge in [-0.05, 0) is 18.3 Å². The third-order valence-electron chi connectivity index (χ3n) is 2.15. The summed E-state index contributed by atoms with van der Waals surface area (Å²) in [5, 5.41) is 17.3. The maximum Gasteiger partial charge on any atom is 0.332 e. The molecule has 0 amide bonds. The fourth-order valence-corrected chi connectivity index (χ4v) is 2.44. The van der Waals surface area contributed by atoms with Crippen molar-refractivity contribution in [2.45, 2.75) is 39.7 Å². The number of carboxylic acid groups (broad SMARTS) is 1. The van der Waals surface area contributed by atoms with Gasteiger partial charge in [0, 0.05) is 6.54 Å². The van der Waals surface area contributed by atoms with Gasteiger partial charge in [-0.25, -0.2) is 17.9 Å². The highest BCUT2D eigenvalue weighted by atomic mass is 32.2. The third kappa shape index (κ3) is 9.08. The van der Waals surface area contributed by atoms with Crippen LogP contribution in [0.4, 0.5) is 0 Å². The van der Waals surface area contributed by atoms with E-state index in [0.29, 0.717) is 6.42 Å². The number of rotatable bonds is 7. The van der Waals surface area contributed by atoms with E-state index in [0.717, 1.165) is 0 Å². The fourth-order valence-electron chi connectivity index (χ4n) is 0.987. The second-order valence-electron chi connectivity index (χ2n) is 5.17. The molecule has 0 aromatic rings. The Kier molecular flexibility index (Phi) is 6.08. The fraction of sp³-hybridized carbons (Fsp3) is 0.900. The van der Waals surface area contributed by atoms with Crippen LogP contribution in [0.2, 0.25) is 0 Å². The number of sulfonamides is 1. The van der Waals surface area contributed by atoms with E-state index in [9.17, 15) is 13.2 Å². The van der Waals surface area contributed by atoms with Crippen molar-refractivity contribution >= 4 is 16.0 Å². The molecule has 6 nitrogen and oxygen atoms in total. The standard InChI is InChI=1S/C10H21NO5S/c1-10(2,3)5-7-17(15,16)11-6-4-8(12)9(13)14/h8,11-12H,4-7H2,1-3H3,(H,13,14). The Labute approximate surface area is 102 Å². The van der Waals surface area contributed by atoms with Crippen LogP contribution in [-0.2, 0) is 14.8 Å². The van der Waals surface area contributed by atoms with Gasteiger partial charge >= 0.3 is 5.97 Å². The average molecular weight is 267 g/mol. The molecule has 7 heteroatoms. The van der Waals surface area contributed by atoms with Gasteiger partial charge in [0.2, 0.25) is 10.0 Å². The van der Waals surface area contributed by atoms with Gasteiger partial charge < -0.3 is 10.2 Å². The van der Waals surface area contributed by atoms with Crippen LogP contribution in [-0.4, -0.2) is 43.0 Å². The van der Waals surface area contributed by atoms with Gasteiger partial charge in [-0.2, -0.15) is 0 Å². The van der Waals surface area contributed by atoms with Crippen LogP contribution in [0, 0.1) is 5.41 Å². The Balaban J connectivity index is 3.99. The molecule has 0 saturated carbocycles. The van der Waals surface area contributed by atoms with Gasteiger partial charge in [-0.1, -0.05) is 20.8 Å². The van der Waals surface area contributed by atoms with E-state index in [1.54, 1.807) is 0 Å². The van der Waals surface area contributed by atoms with Crippen molar-refractivity contribution < 1.29 is 23.4 Å². The van der Waals surface area contributed by atoms with E-state index in [1.165, 1.54) is 0 Å². The molecule has 0 saturated heterocycles. The molecular weight excluding hydrogens is 246 g/mol. The molecule has 102 valence electrons. The minimum absolute atomic E-state index is 0.000331. The molecule has 0 aliphatic heterocycles. The van der Waals surface area contributed by atoms with Crippen molar-refractivity contribution in [3.05, 3.63) is 0 Å². The second-order valence-corrected chi connectivity index (χ2v) is 7.09. The summed E-state index contributed by atoms with van der Waals surface area (Å²) in [4.78, 5) is 10.3. The number of aliphatic hydroxyl groups is 1. The molecule has 0 rings (SSSR count). The zero-order chi connectivity index (χ0) is 13.7. The van der Waals surface area contributed by atoms with Gasteiger partial charge in [0.1, 0.15) is 0 Å². The van der Waals surface area contributed by atoms with Crippen molar-refractivity contribution in [3.8, 4) is 0 Å². The Morgan fingerprint density at radius 2 is 1.88 bits per heavy atom. The normalized spacial score (nSPS) is 14.6. The molecule has 1 atom stereocenters. The topological polar surface area (TPSA) is 104 Å². The van der Waals surface area contributed by atoms with Crippen LogP contribution in [0.25, 0.3) is 0 Å². The molecule has 0 spiro atoms. The summed E-state index contributed by atoms with van der Waals surface area (Å²) in [6.07, 6.45) is -1.14. The zero-order valence-electron chi connectivity index (χ0n) is 10.4. The molecule has 0 aliphatic carbocycles. The minimum atomic E-state index is -3.39. The van der Waals surface area contributed by atoms with Gasteiger partial charge in [0.15, 0.2) is 6.10 Å². The van der Waals surface area contributed by atoms with Crippen LogP contribution in [0.15, 0.2) is 0 Å². The largest absolute Gasteiger partial charge is 0.479 e. The highest BCUT2D eigenvalue weighted by Gasteiger charge is 2.18. The Hall–Kier alpha value is -0.660. The lowest BCUT2D eigenvalue weighted by Gasteiger charge is -2.18. The first-order valence-corrected chi connectivity index (χ1v) is 7.07. The van der Waals surface area contributed by atoms with E-state index in [2.05, 4.69) is 4.72 Å². The Morgan fingerprint density at radius 3 is 2.29 bits per heavy atom. The first-order chi connectivity index (χ1) is 7.53. The van der Waals surface area contributed by atoms with Crippen molar-refractivity contribution in [1.82, 2.24) is 4.72 Å². The van der Waals surface area contributed by atoms with Crippen LogP contribution in [0.5, 0.6) is 0 Å². The summed E-state index contributed by atoms with van der Waals surface area (Å²) in [5.41, 5.74) is -0.0741. The number of nitrogens with one attached hydrogen (secondary N) is 1. The van der Waals surface area contributed by atoms with E-state index < -0.39 is 22.1 Å². The Morgan fingerprint density at radius 1 is 1.35 bits per heavy atom. The maximum atomic E-state index is 11.5. The quantitative estimate of drug-likeness (QED) is 0.610. The highest BCUT2D eigenvalue weighted by molar-refractivity contribution is 7.89. The minimum Gasteiger partial charge on any atom is -0.479 e. The number of hydrogen-bond donors (Lipinski definition) is 3. The molecular formula is C10H21NO5S. The van der Waals surface area contributed by atoms with Crippen molar-refractivity contribution in [3.63, 3.8) is 0 Å². The van der Waals surface area contributed by atoms with E-state index in [4.69, 9.17) is 10.2 Å². The van der Waals surface area contributed by atoms with E-state index in [1.807, 2.05) is 20.8 Å². The first kappa shape index (κ1) is 16.3. The smallest absolute Gasteiger partial charge is 0.332 e. The first-order valence-electron chi connectivity index (χ1n) is 5.42. The average Bonchev–Trinajstić information content (AvgIpc) is 2.13. The molecule has 3 N–H and O–H groups in total. The lowest BCUT2D eigenvalue weighted by atomic mass is 9.94. The zero-order valence-corrected chi connectivity index (χ0v) is 11.2. The monoisotopic (exact) mass is 267 g/mol. The summed E-state index contributed by atoms with van der Waals surface area (Å²) < 4.78 is 25.2. The number of hydrogen-bond acceptors (Lipinski definition) is 4. The molecule has 0 radical (unpaired) electrons. The lowest BCUT2D eigenvalue weighted by Crippen LogP contribution is -2.32. The predicted molar refractivity (Wildman–Crippen MR) is 64.1 cm³/mol. The SMILES string of the molecule is CC(C)(C)CCS(=O)(=O)NCCC(O)C(=O)O. The van der Waals surface area contributed by atoms with Crippen LogP contribution in [0.3, 0.4) is 0 Å². The highest BCUT2D eigenvalue weighted by Crippen LogP contribution is 2.18. The molecule has 0 aromatic heterocycles. The van der Waals surface area contributed by atoms with Crippen LogP contribution in [0.1, 0.15) is 33.6 Å². The van der Waals surface area contributed by atoms with Gasteiger partial charge in [0.05, 0.1) is 5.75 Å². The van der Waals surface area contributed by atoms with Gasteiger partial charge in [-0.15, -0.1) is 0 Å². The molecule has 0 heterocycles. The molecule has 0 bridgehead atoms. The van der Waals surface area contributed by atoms with Crippen molar-refractivity contribution in [1.29, 1.82) is 0 Å². The van der Waals surface area contributed by atoms with Crippen molar-refractivity contribution in [2.24, 2.45) is 5.41 Å². The number of aliphatic hydroxyl groups excluding tert-OH is 1. The number of aliphatic carboxylic acids is 1. The summed E-state index contributed by atoms with van der Waals surface area (Å²) >= 11 is 0. The summed E-state index contributed by atoms with van der Waals surface area (Å²) in [6.45, 7) is 5.75. The van der Waals surface area contributed by atoms with Crippen molar-refractivity contribution in [2.75, 3.05) is 12.3 Å². The van der Waals surface area contributed by atoms with E-state index in [-0.39, 0.29) is 24.1 Å². The predicted octanol–water partition coefficient (Wildman–Crippen LogP) is 0.178. The second kappa shape index (κ2) is 6.32. The molecule has 1 unspecified atom stereocenters. The Bertz CT molecular complexity index is 344. The van der Waals surface area contributed by atoms with Gasteiger partial charge in [-0.3, -0.25) is 0 Å². The molecule has 0 aromatic carbocycles. The summed E-state index contributed by atoms with van der Waals surface area (Å²) in [5.74, 6) is -1.35. The van der Waals surface area contributed by atoms with Crippen LogP contribution >= 0.6 is 0 Å². The maximum absolute atomic E-state index is 11.5. The number of carboxylic acids is 1. The molecule has 0 fully saturated rings. The third-order valence-corrected chi connectivity index (χ3v) is 3.53. The van der Waals surface area contributed by atoms with Crippen LogP contribution < -0.4 is 4.72 Å². The van der Waals surface area contributed by atoms with Gasteiger partial charge in [0.25, 0.3) is 0 Å². The number of carbonyl (C=O) groups is 1. The summed E-state index contributed by atoms with van der Waals surface area (Å²) in [7, 11) is -3.39. The lowest BCUT2D eigenvalue weighted by molar-refractivity contribution is -0.146. The summed E-state index contributed by atoms with van der Waals surface area (Å²) in [6, 6.07) is 0.